The third-order valence-electron chi connectivity index (χ3n) is 4.37. The molecule has 4 aromatic rings. The van der Waals surface area contributed by atoms with Gasteiger partial charge in [-0.15, -0.1) is 0 Å². The van der Waals surface area contributed by atoms with Gasteiger partial charge in [-0.05, 0) is 0 Å². The van der Waals surface area contributed by atoms with Crippen LogP contribution in [0.25, 0.3) is 39.5 Å². The van der Waals surface area contributed by atoms with Gasteiger partial charge in [0.1, 0.15) is 0 Å². The zero-order valence-corrected chi connectivity index (χ0v) is 15.7. The van der Waals surface area contributed by atoms with Gasteiger partial charge in [0, 0.05) is 6.20 Å². The number of hydrogen-bond acceptors (Lipinski definition) is 3. The quantitative estimate of drug-likeness (QED) is 0.380. The third-order valence-corrected chi connectivity index (χ3v) is 6.58. The molecule has 25 heavy (non-hydrogen) atoms. The van der Waals surface area contributed by atoms with Gasteiger partial charge in [-0.25, -0.2) is 0 Å². The molecule has 0 fully saturated rings. The van der Waals surface area contributed by atoms with Crippen LogP contribution in [0.4, 0.5) is 0 Å². The summed E-state index contributed by atoms with van der Waals surface area (Å²) in [5, 5.41) is 1.10. The summed E-state index contributed by atoms with van der Waals surface area (Å²) in [7, 11) is 0. The molecule has 5 rings (SSSR count). The average molecular weight is 437 g/mol. The summed E-state index contributed by atoms with van der Waals surface area (Å²) >= 11 is -0.0320. The zero-order valence-electron chi connectivity index (χ0n) is 13.5. The van der Waals surface area contributed by atoms with Crippen molar-refractivity contribution >= 4 is 17.1 Å². The first kappa shape index (κ1) is 14.8. The summed E-state index contributed by atoms with van der Waals surface area (Å²) in [6, 6.07) is 10.6. The second kappa shape index (κ2) is 5.77. The van der Waals surface area contributed by atoms with Crippen molar-refractivity contribution in [1.82, 2.24) is 19.9 Å². The average Bonchev–Trinajstić information content (AvgIpc) is 3.29. The molecule has 0 radical (unpaired) electrons. The number of aromatic amines is 1. The van der Waals surface area contributed by atoms with Gasteiger partial charge in [-0.2, -0.15) is 0 Å². The molecular formula is C20H14IN4-. The Bertz CT molecular complexity index is 1140. The van der Waals surface area contributed by atoms with Gasteiger partial charge in [-0.3, -0.25) is 0 Å². The summed E-state index contributed by atoms with van der Waals surface area (Å²) in [5.74, 6) is 0. The van der Waals surface area contributed by atoms with Crippen LogP contribution in [0.2, 0.25) is 0 Å². The number of H-pyrrole nitrogens is 1. The fraction of sp³-hybridized carbons (Fsp3) is 0.0500. The second-order valence-electron chi connectivity index (χ2n) is 5.97. The molecule has 4 aromatic heterocycles. The van der Waals surface area contributed by atoms with E-state index in [9.17, 15) is 0 Å². The fourth-order valence-electron chi connectivity index (χ4n) is 3.09. The van der Waals surface area contributed by atoms with Crippen molar-refractivity contribution in [2.45, 2.75) is 6.92 Å². The van der Waals surface area contributed by atoms with E-state index in [1.54, 1.807) is 0 Å². The molecule has 0 aromatic carbocycles. The topological polar surface area (TPSA) is 54.5 Å². The molecule has 0 aliphatic carbocycles. The van der Waals surface area contributed by atoms with Crippen LogP contribution in [0.15, 0.2) is 53.0 Å². The summed E-state index contributed by atoms with van der Waals surface area (Å²) in [4.78, 5) is 17.0. The van der Waals surface area contributed by atoms with Crippen LogP contribution in [0, 0.1) is 10.6 Å². The minimum absolute atomic E-state index is 0.0320. The van der Waals surface area contributed by atoms with Crippen molar-refractivity contribution in [3.8, 4) is 22.4 Å². The van der Waals surface area contributed by atoms with Crippen LogP contribution >= 0.6 is 0 Å². The molecule has 1 aliphatic rings. The van der Waals surface area contributed by atoms with Gasteiger partial charge in [0.15, 0.2) is 0 Å². The van der Waals surface area contributed by atoms with Crippen LogP contribution < -0.4 is 21.2 Å². The molecule has 0 saturated carbocycles. The van der Waals surface area contributed by atoms with Gasteiger partial charge < -0.3 is 4.98 Å². The molecule has 1 N–H and O–H groups in total. The van der Waals surface area contributed by atoms with Gasteiger partial charge in [0.2, 0.25) is 0 Å². The minimum atomic E-state index is -0.0320. The number of nitrogens with one attached hydrogen (secondary N) is 1. The van der Waals surface area contributed by atoms with E-state index in [0.717, 1.165) is 39.1 Å². The van der Waals surface area contributed by atoms with E-state index in [1.165, 1.54) is 9.26 Å². The SMILES string of the molecule is Cc1nc(-c2cnc3[nH]ccc3c2)ccc1-c1cnc2c(c1)C=C[I-]2. The molecular weight excluding hydrogens is 423 g/mol. The molecule has 1 aliphatic heterocycles. The molecule has 0 unspecified atom stereocenters. The zero-order chi connectivity index (χ0) is 16.8. The Morgan fingerprint density at radius 3 is 2.84 bits per heavy atom. The van der Waals surface area contributed by atoms with Crippen LogP contribution in [-0.2, 0) is 0 Å². The Labute approximate surface area is 155 Å². The number of halogens is 1. The fourth-order valence-corrected chi connectivity index (χ4v) is 4.99. The molecule has 4 nitrogen and oxygen atoms in total. The van der Waals surface area contributed by atoms with E-state index >= 15 is 0 Å². The Hall–Kier alpha value is -2.54. The maximum atomic E-state index is 4.82. The molecule has 0 spiro atoms. The summed E-state index contributed by atoms with van der Waals surface area (Å²) in [6.07, 6.45) is 7.93. The normalized spacial score (nSPS) is 13.0. The summed E-state index contributed by atoms with van der Waals surface area (Å²) in [5.41, 5.74) is 7.40. The van der Waals surface area contributed by atoms with Crippen molar-refractivity contribution in [1.29, 1.82) is 0 Å². The number of rotatable bonds is 2. The Balaban J connectivity index is 1.56. The third kappa shape index (κ3) is 2.55. The van der Waals surface area contributed by atoms with Crippen LogP contribution in [-0.4, -0.2) is 19.9 Å². The number of aryl methyl sites for hydroxylation is 1. The van der Waals surface area contributed by atoms with E-state index in [4.69, 9.17) is 4.98 Å². The number of pyridine rings is 3. The van der Waals surface area contributed by atoms with Gasteiger partial charge in [0.05, 0.1) is 0 Å². The van der Waals surface area contributed by atoms with E-state index in [1.807, 2.05) is 24.7 Å². The molecule has 0 bridgehead atoms. The van der Waals surface area contributed by atoms with Gasteiger partial charge in [0.25, 0.3) is 0 Å². The van der Waals surface area contributed by atoms with Gasteiger partial charge in [-0.1, -0.05) is 0 Å². The van der Waals surface area contributed by atoms with Crippen molar-refractivity contribution in [3.05, 3.63) is 68.0 Å². The van der Waals surface area contributed by atoms with E-state index < -0.39 is 0 Å². The molecule has 122 valence electrons. The second-order valence-corrected chi connectivity index (χ2v) is 8.34. The van der Waals surface area contributed by atoms with Crippen molar-refractivity contribution in [2.75, 3.05) is 0 Å². The number of fused-ring (bicyclic) bond motifs is 2. The van der Waals surface area contributed by atoms with E-state index in [0.29, 0.717) is 0 Å². The molecule has 0 atom stereocenters. The van der Waals surface area contributed by atoms with Crippen molar-refractivity contribution < 1.29 is 21.2 Å². The van der Waals surface area contributed by atoms with Crippen molar-refractivity contribution in [3.63, 3.8) is 0 Å². The predicted molar refractivity (Wildman–Crippen MR) is 95.0 cm³/mol. The predicted octanol–water partition coefficient (Wildman–Crippen LogP) is 1.24. The molecule has 0 amide bonds. The van der Waals surface area contributed by atoms with Crippen molar-refractivity contribution in [2.24, 2.45) is 0 Å². The van der Waals surface area contributed by atoms with E-state index in [-0.39, 0.29) is 21.2 Å². The Kier molecular flexibility index (Phi) is 3.41. The molecule has 5 heteroatoms. The summed E-state index contributed by atoms with van der Waals surface area (Å²) in [6.45, 7) is 2.05. The maximum absolute atomic E-state index is 4.82. The van der Waals surface area contributed by atoms with Crippen LogP contribution in [0.5, 0.6) is 0 Å². The number of hydrogen-bond donors (Lipinski definition) is 1. The number of nitrogens with zero attached hydrogens (tertiary/aromatic N) is 3. The molecule has 0 saturated heterocycles. The first-order chi connectivity index (χ1) is 12.3. The molecule has 5 heterocycles. The standard InChI is InChI=1S/C20H14IN4/c1-12-17(15-8-13-4-6-21-19(13)23-10-15)2-3-18(25-12)16-9-14-5-7-22-20(14)24-11-16/h2-11H,1H3,(H,22,24)/q-1. The van der Waals surface area contributed by atoms with Crippen LogP contribution in [0.1, 0.15) is 11.3 Å². The first-order valence-corrected chi connectivity index (χ1v) is 10.3. The monoisotopic (exact) mass is 437 g/mol. The van der Waals surface area contributed by atoms with Gasteiger partial charge >= 0.3 is 144 Å². The van der Waals surface area contributed by atoms with Crippen LogP contribution in [0.3, 0.4) is 0 Å². The Morgan fingerprint density at radius 1 is 1.00 bits per heavy atom. The Morgan fingerprint density at radius 2 is 1.92 bits per heavy atom. The first-order valence-electron chi connectivity index (χ1n) is 7.99. The number of aromatic nitrogens is 4. The van der Waals surface area contributed by atoms with E-state index in [2.05, 4.69) is 56.3 Å². The summed E-state index contributed by atoms with van der Waals surface area (Å²) < 4.78 is 3.52.